The van der Waals surface area contributed by atoms with Gasteiger partial charge in [-0.1, -0.05) is 11.6 Å². The minimum atomic E-state index is -0.424. The van der Waals surface area contributed by atoms with E-state index in [0.29, 0.717) is 32.1 Å². The molecule has 90 valence electrons. The van der Waals surface area contributed by atoms with E-state index in [4.69, 9.17) is 21.1 Å². The fourth-order valence-electron chi connectivity index (χ4n) is 1.12. The molecule has 0 aliphatic carbocycles. The summed E-state index contributed by atoms with van der Waals surface area (Å²) in [4.78, 5) is 0. The molecule has 1 aromatic rings. The molecule has 0 spiro atoms. The standard InChI is InChI=1S/C11H15ClFNO2/c1-15-6-7-16-5-4-14-9-2-3-10(12)11(13)8-9/h2-3,8,14H,4-7H2,1H3. The lowest BCUT2D eigenvalue weighted by atomic mass is 10.3. The summed E-state index contributed by atoms with van der Waals surface area (Å²) in [6, 6.07) is 4.60. The highest BCUT2D eigenvalue weighted by Gasteiger charge is 1.99. The number of hydrogen-bond donors (Lipinski definition) is 1. The molecule has 0 aromatic heterocycles. The lowest BCUT2D eigenvalue weighted by Crippen LogP contribution is -2.11. The van der Waals surface area contributed by atoms with E-state index in [0.717, 1.165) is 0 Å². The number of benzene rings is 1. The number of halogens is 2. The molecule has 1 aromatic carbocycles. The molecule has 0 saturated heterocycles. The van der Waals surface area contributed by atoms with Gasteiger partial charge < -0.3 is 14.8 Å². The van der Waals surface area contributed by atoms with E-state index in [1.807, 2.05) is 0 Å². The molecule has 0 bridgehead atoms. The predicted molar refractivity (Wildman–Crippen MR) is 62.6 cm³/mol. The molecule has 16 heavy (non-hydrogen) atoms. The molecule has 0 radical (unpaired) electrons. The molecule has 1 N–H and O–H groups in total. The van der Waals surface area contributed by atoms with Crippen molar-refractivity contribution in [2.45, 2.75) is 0 Å². The summed E-state index contributed by atoms with van der Waals surface area (Å²) in [7, 11) is 1.62. The summed E-state index contributed by atoms with van der Waals surface area (Å²) >= 11 is 5.56. The van der Waals surface area contributed by atoms with Gasteiger partial charge in [0.15, 0.2) is 0 Å². The molecule has 3 nitrogen and oxygen atoms in total. The van der Waals surface area contributed by atoms with E-state index >= 15 is 0 Å². The summed E-state index contributed by atoms with van der Waals surface area (Å²) in [5.74, 6) is -0.424. The van der Waals surface area contributed by atoms with E-state index in [1.54, 1.807) is 13.2 Å². The van der Waals surface area contributed by atoms with Gasteiger partial charge in [0.25, 0.3) is 0 Å². The van der Waals surface area contributed by atoms with Crippen molar-refractivity contribution in [3.63, 3.8) is 0 Å². The zero-order valence-electron chi connectivity index (χ0n) is 9.13. The van der Waals surface area contributed by atoms with Gasteiger partial charge in [-0.25, -0.2) is 4.39 Å². The Kier molecular flexibility index (Phi) is 6.15. The van der Waals surface area contributed by atoms with Crippen molar-refractivity contribution in [1.29, 1.82) is 0 Å². The summed E-state index contributed by atoms with van der Waals surface area (Å²) in [6.45, 7) is 2.31. The predicted octanol–water partition coefficient (Wildman–Crippen LogP) is 2.55. The van der Waals surface area contributed by atoms with Crippen LogP contribution in [0.3, 0.4) is 0 Å². The molecule has 0 amide bonds. The van der Waals surface area contributed by atoms with Gasteiger partial charge >= 0.3 is 0 Å². The minimum absolute atomic E-state index is 0.127. The van der Waals surface area contributed by atoms with Crippen LogP contribution in [0.2, 0.25) is 5.02 Å². The fourth-order valence-corrected chi connectivity index (χ4v) is 1.24. The lowest BCUT2D eigenvalue weighted by molar-refractivity contribution is 0.0759. The molecule has 0 aliphatic heterocycles. The Morgan fingerprint density at radius 1 is 1.31 bits per heavy atom. The maximum Gasteiger partial charge on any atom is 0.143 e. The zero-order chi connectivity index (χ0) is 11.8. The molecule has 0 aliphatic rings. The van der Waals surface area contributed by atoms with E-state index in [1.165, 1.54) is 12.1 Å². The van der Waals surface area contributed by atoms with E-state index < -0.39 is 5.82 Å². The van der Waals surface area contributed by atoms with Crippen molar-refractivity contribution in [3.8, 4) is 0 Å². The molecule has 0 unspecified atom stereocenters. The van der Waals surface area contributed by atoms with Gasteiger partial charge in [0.2, 0.25) is 0 Å². The summed E-state index contributed by atoms with van der Waals surface area (Å²) < 4.78 is 23.1. The second-order valence-electron chi connectivity index (χ2n) is 3.16. The van der Waals surface area contributed by atoms with Crippen molar-refractivity contribution >= 4 is 17.3 Å². The first-order valence-electron chi connectivity index (χ1n) is 4.99. The number of hydrogen-bond acceptors (Lipinski definition) is 3. The van der Waals surface area contributed by atoms with Crippen LogP contribution in [0, 0.1) is 5.82 Å². The number of rotatable bonds is 7. The summed E-state index contributed by atoms with van der Waals surface area (Å²) in [5, 5.41) is 3.15. The first-order valence-corrected chi connectivity index (χ1v) is 5.37. The average molecular weight is 248 g/mol. The molecule has 0 fully saturated rings. The molecule has 5 heteroatoms. The third-order valence-electron chi connectivity index (χ3n) is 1.93. The van der Waals surface area contributed by atoms with Gasteiger partial charge in [-0.3, -0.25) is 0 Å². The summed E-state index contributed by atoms with van der Waals surface area (Å²) in [5.41, 5.74) is 0.692. The second kappa shape index (κ2) is 7.44. The van der Waals surface area contributed by atoms with Gasteiger partial charge in [-0.15, -0.1) is 0 Å². The normalized spacial score (nSPS) is 10.4. The van der Waals surface area contributed by atoms with Crippen LogP contribution in [0.4, 0.5) is 10.1 Å². The second-order valence-corrected chi connectivity index (χ2v) is 3.57. The number of anilines is 1. The average Bonchev–Trinajstić information content (AvgIpc) is 2.28. The highest BCUT2D eigenvalue weighted by Crippen LogP contribution is 2.18. The minimum Gasteiger partial charge on any atom is -0.383 e. The quantitative estimate of drug-likeness (QED) is 0.752. The lowest BCUT2D eigenvalue weighted by Gasteiger charge is -2.07. The van der Waals surface area contributed by atoms with Crippen molar-refractivity contribution < 1.29 is 13.9 Å². The maximum absolute atomic E-state index is 13.0. The molecule has 0 heterocycles. The van der Waals surface area contributed by atoms with Crippen LogP contribution in [0.25, 0.3) is 0 Å². The van der Waals surface area contributed by atoms with Crippen LogP contribution in [0.1, 0.15) is 0 Å². The number of nitrogens with one attached hydrogen (secondary N) is 1. The first-order chi connectivity index (χ1) is 7.74. The summed E-state index contributed by atoms with van der Waals surface area (Å²) in [6.07, 6.45) is 0. The van der Waals surface area contributed by atoms with Crippen molar-refractivity contribution in [1.82, 2.24) is 0 Å². The molecule has 0 atom stereocenters. The van der Waals surface area contributed by atoms with Crippen LogP contribution in [-0.4, -0.2) is 33.5 Å². The maximum atomic E-state index is 13.0. The van der Waals surface area contributed by atoms with E-state index in [9.17, 15) is 4.39 Å². The van der Waals surface area contributed by atoms with Gasteiger partial charge in [0.05, 0.1) is 24.8 Å². The monoisotopic (exact) mass is 247 g/mol. The molecular weight excluding hydrogens is 233 g/mol. The Labute approximate surface area is 99.5 Å². The first kappa shape index (κ1) is 13.2. The van der Waals surface area contributed by atoms with Gasteiger partial charge in [0, 0.05) is 19.3 Å². The number of ether oxygens (including phenoxy) is 2. The van der Waals surface area contributed by atoms with E-state index in [-0.39, 0.29) is 5.02 Å². The zero-order valence-corrected chi connectivity index (χ0v) is 9.89. The SMILES string of the molecule is COCCOCCNc1ccc(Cl)c(F)c1. The molecular formula is C11H15ClFNO2. The largest absolute Gasteiger partial charge is 0.383 e. The van der Waals surface area contributed by atoms with Crippen LogP contribution >= 0.6 is 11.6 Å². The Bertz CT molecular complexity index is 323. The molecule has 0 saturated carbocycles. The number of methoxy groups -OCH3 is 1. The third-order valence-corrected chi connectivity index (χ3v) is 2.23. The third kappa shape index (κ3) is 4.79. The van der Waals surface area contributed by atoms with Crippen LogP contribution in [0.15, 0.2) is 18.2 Å². The van der Waals surface area contributed by atoms with Gasteiger partial charge in [-0.05, 0) is 18.2 Å². The Morgan fingerprint density at radius 2 is 2.12 bits per heavy atom. The van der Waals surface area contributed by atoms with Crippen molar-refractivity contribution in [3.05, 3.63) is 29.0 Å². The highest BCUT2D eigenvalue weighted by atomic mass is 35.5. The Morgan fingerprint density at radius 3 is 2.81 bits per heavy atom. The Hall–Kier alpha value is -0.840. The Balaban J connectivity index is 2.19. The van der Waals surface area contributed by atoms with Crippen molar-refractivity contribution in [2.75, 3.05) is 38.8 Å². The van der Waals surface area contributed by atoms with Gasteiger partial charge in [0.1, 0.15) is 5.82 Å². The van der Waals surface area contributed by atoms with Crippen LogP contribution < -0.4 is 5.32 Å². The topological polar surface area (TPSA) is 30.5 Å². The van der Waals surface area contributed by atoms with Gasteiger partial charge in [-0.2, -0.15) is 0 Å². The smallest absolute Gasteiger partial charge is 0.143 e. The van der Waals surface area contributed by atoms with Crippen LogP contribution in [-0.2, 0) is 9.47 Å². The fraction of sp³-hybridized carbons (Fsp3) is 0.455. The van der Waals surface area contributed by atoms with Crippen molar-refractivity contribution in [2.24, 2.45) is 0 Å². The molecule has 1 rings (SSSR count). The highest BCUT2D eigenvalue weighted by molar-refractivity contribution is 6.30. The van der Waals surface area contributed by atoms with Crippen LogP contribution in [0.5, 0.6) is 0 Å². The van der Waals surface area contributed by atoms with E-state index in [2.05, 4.69) is 5.32 Å².